The van der Waals surface area contributed by atoms with Gasteiger partial charge in [-0.25, -0.2) is 9.18 Å². The van der Waals surface area contributed by atoms with Crippen molar-refractivity contribution >= 4 is 11.7 Å². The number of rotatable bonds is 8. The molecule has 0 radical (unpaired) electrons. The normalized spacial score (nSPS) is 13.6. The lowest BCUT2D eigenvalue weighted by molar-refractivity contribution is -0.147. The number of benzene rings is 1. The number of likely N-dealkylation sites (N-methyl/N-ethyl adjacent to an activating group) is 1. The van der Waals surface area contributed by atoms with E-state index in [1.54, 1.807) is 12.1 Å². The standard InChI is InChI=1S/C16H25FN2O2/c1-5-11-18-16(3,15(20)21-4)12-19(6-2)14-9-7-13(17)8-10-14/h7-10,18H,5-6,11-12H2,1-4H3. The molecule has 0 saturated carbocycles. The van der Waals surface area contributed by atoms with Gasteiger partial charge < -0.3 is 15.0 Å². The highest BCUT2D eigenvalue weighted by Crippen LogP contribution is 2.19. The number of carbonyl (C=O) groups is 1. The zero-order valence-corrected chi connectivity index (χ0v) is 13.3. The summed E-state index contributed by atoms with van der Waals surface area (Å²) in [7, 11) is 1.39. The molecule has 0 heterocycles. The lowest BCUT2D eigenvalue weighted by Gasteiger charge is -2.35. The maximum absolute atomic E-state index is 13.0. The van der Waals surface area contributed by atoms with E-state index in [9.17, 15) is 9.18 Å². The molecule has 0 amide bonds. The van der Waals surface area contributed by atoms with Gasteiger partial charge in [0, 0.05) is 18.8 Å². The molecule has 0 spiro atoms. The van der Waals surface area contributed by atoms with Gasteiger partial charge in [0.1, 0.15) is 11.4 Å². The second-order valence-electron chi connectivity index (χ2n) is 5.24. The fraction of sp³-hybridized carbons (Fsp3) is 0.562. The molecular formula is C16H25FN2O2. The summed E-state index contributed by atoms with van der Waals surface area (Å²) in [5.41, 5.74) is 0.0853. The molecule has 1 N–H and O–H groups in total. The Hall–Kier alpha value is -1.62. The molecule has 1 atom stereocenters. The first kappa shape index (κ1) is 17.4. The number of ether oxygens (including phenoxy) is 1. The van der Waals surface area contributed by atoms with Crippen molar-refractivity contribution < 1.29 is 13.9 Å². The Kier molecular flexibility index (Phi) is 6.62. The second-order valence-corrected chi connectivity index (χ2v) is 5.24. The van der Waals surface area contributed by atoms with Crippen LogP contribution in [0.4, 0.5) is 10.1 Å². The molecule has 1 aromatic carbocycles. The van der Waals surface area contributed by atoms with Crippen LogP contribution < -0.4 is 10.2 Å². The molecular weight excluding hydrogens is 271 g/mol. The van der Waals surface area contributed by atoms with Gasteiger partial charge in [0.25, 0.3) is 0 Å². The largest absolute Gasteiger partial charge is 0.468 e. The highest BCUT2D eigenvalue weighted by Gasteiger charge is 2.35. The topological polar surface area (TPSA) is 41.6 Å². The molecule has 1 unspecified atom stereocenters. The fourth-order valence-corrected chi connectivity index (χ4v) is 2.24. The Labute approximate surface area is 126 Å². The third-order valence-corrected chi connectivity index (χ3v) is 3.48. The molecule has 5 heteroatoms. The molecule has 21 heavy (non-hydrogen) atoms. The van der Waals surface area contributed by atoms with E-state index in [4.69, 9.17) is 4.74 Å². The minimum Gasteiger partial charge on any atom is -0.468 e. The molecule has 0 aliphatic rings. The SMILES string of the molecule is CCCNC(C)(CN(CC)c1ccc(F)cc1)C(=O)OC. The number of anilines is 1. The molecule has 0 bridgehead atoms. The van der Waals surface area contributed by atoms with Crippen molar-refractivity contribution in [2.24, 2.45) is 0 Å². The summed E-state index contributed by atoms with van der Waals surface area (Å²) in [6, 6.07) is 6.28. The molecule has 0 aromatic heterocycles. The van der Waals surface area contributed by atoms with Crippen LogP contribution >= 0.6 is 0 Å². The summed E-state index contributed by atoms with van der Waals surface area (Å²) in [5, 5.41) is 3.25. The highest BCUT2D eigenvalue weighted by molar-refractivity contribution is 5.81. The molecule has 4 nitrogen and oxygen atoms in total. The summed E-state index contributed by atoms with van der Waals surface area (Å²) < 4.78 is 18.0. The van der Waals surface area contributed by atoms with Crippen molar-refractivity contribution in [3.05, 3.63) is 30.1 Å². The molecule has 0 fully saturated rings. The summed E-state index contributed by atoms with van der Waals surface area (Å²) >= 11 is 0. The van der Waals surface area contributed by atoms with E-state index in [-0.39, 0.29) is 11.8 Å². The number of hydrogen-bond acceptors (Lipinski definition) is 4. The molecule has 118 valence electrons. The van der Waals surface area contributed by atoms with Gasteiger partial charge in [0.05, 0.1) is 7.11 Å². The van der Waals surface area contributed by atoms with Crippen LogP contribution in [0.5, 0.6) is 0 Å². The Balaban J connectivity index is 2.92. The van der Waals surface area contributed by atoms with Gasteiger partial charge in [-0.1, -0.05) is 6.92 Å². The summed E-state index contributed by atoms with van der Waals surface area (Å²) in [5.74, 6) is -0.564. The Bertz CT molecular complexity index is 450. The Morgan fingerprint density at radius 1 is 1.33 bits per heavy atom. The van der Waals surface area contributed by atoms with Crippen LogP contribution in [0.15, 0.2) is 24.3 Å². The van der Waals surface area contributed by atoms with Gasteiger partial charge in [0.15, 0.2) is 0 Å². The number of hydrogen-bond donors (Lipinski definition) is 1. The minimum absolute atomic E-state index is 0.269. The Morgan fingerprint density at radius 3 is 2.43 bits per heavy atom. The maximum Gasteiger partial charge on any atom is 0.327 e. The fourth-order valence-electron chi connectivity index (χ4n) is 2.24. The van der Waals surface area contributed by atoms with E-state index in [0.717, 1.165) is 18.7 Å². The van der Waals surface area contributed by atoms with Gasteiger partial charge in [-0.05, 0) is 51.1 Å². The second kappa shape index (κ2) is 7.98. The van der Waals surface area contributed by atoms with Crippen LogP contribution in [0.25, 0.3) is 0 Å². The van der Waals surface area contributed by atoms with E-state index in [1.807, 2.05) is 25.7 Å². The molecule has 1 aromatic rings. The summed E-state index contributed by atoms with van der Waals surface area (Å²) in [4.78, 5) is 14.1. The first-order valence-electron chi connectivity index (χ1n) is 7.30. The van der Waals surface area contributed by atoms with Crippen molar-refractivity contribution in [2.45, 2.75) is 32.7 Å². The smallest absolute Gasteiger partial charge is 0.327 e. The number of nitrogens with zero attached hydrogens (tertiary/aromatic N) is 1. The van der Waals surface area contributed by atoms with E-state index in [0.29, 0.717) is 13.1 Å². The van der Waals surface area contributed by atoms with E-state index < -0.39 is 5.54 Å². The van der Waals surface area contributed by atoms with Crippen molar-refractivity contribution in [1.82, 2.24) is 5.32 Å². The van der Waals surface area contributed by atoms with E-state index in [1.165, 1.54) is 19.2 Å². The van der Waals surface area contributed by atoms with Gasteiger partial charge in [-0.2, -0.15) is 0 Å². The van der Waals surface area contributed by atoms with Crippen LogP contribution in [0.3, 0.4) is 0 Å². The monoisotopic (exact) mass is 296 g/mol. The molecule has 0 aliphatic heterocycles. The third-order valence-electron chi connectivity index (χ3n) is 3.48. The molecule has 0 saturated heterocycles. The number of nitrogens with one attached hydrogen (secondary N) is 1. The quantitative estimate of drug-likeness (QED) is 0.749. The van der Waals surface area contributed by atoms with Crippen molar-refractivity contribution in [2.75, 3.05) is 31.6 Å². The third kappa shape index (κ3) is 4.70. The minimum atomic E-state index is -0.796. The lowest BCUT2D eigenvalue weighted by Crippen LogP contribution is -2.57. The van der Waals surface area contributed by atoms with Gasteiger partial charge in [0.2, 0.25) is 0 Å². The van der Waals surface area contributed by atoms with Crippen LogP contribution in [-0.4, -0.2) is 38.3 Å². The lowest BCUT2D eigenvalue weighted by atomic mass is 10.0. The predicted octanol–water partition coefficient (Wildman–Crippen LogP) is 2.58. The van der Waals surface area contributed by atoms with Gasteiger partial charge in [-0.3, -0.25) is 0 Å². The zero-order chi connectivity index (χ0) is 15.9. The van der Waals surface area contributed by atoms with E-state index >= 15 is 0 Å². The Morgan fingerprint density at radius 2 is 1.95 bits per heavy atom. The zero-order valence-electron chi connectivity index (χ0n) is 13.3. The number of carbonyl (C=O) groups excluding carboxylic acids is 1. The predicted molar refractivity (Wildman–Crippen MR) is 83.0 cm³/mol. The van der Waals surface area contributed by atoms with Crippen LogP contribution in [0.2, 0.25) is 0 Å². The number of esters is 1. The molecule has 0 aliphatic carbocycles. The van der Waals surface area contributed by atoms with Crippen LogP contribution in [-0.2, 0) is 9.53 Å². The van der Waals surface area contributed by atoms with Crippen molar-refractivity contribution in [1.29, 1.82) is 0 Å². The van der Waals surface area contributed by atoms with Gasteiger partial charge >= 0.3 is 5.97 Å². The first-order valence-corrected chi connectivity index (χ1v) is 7.30. The number of halogens is 1. The van der Waals surface area contributed by atoms with Gasteiger partial charge in [-0.15, -0.1) is 0 Å². The van der Waals surface area contributed by atoms with Crippen LogP contribution in [0, 0.1) is 5.82 Å². The average molecular weight is 296 g/mol. The maximum atomic E-state index is 13.0. The van der Waals surface area contributed by atoms with Crippen LogP contribution in [0.1, 0.15) is 27.2 Å². The summed E-state index contributed by atoms with van der Waals surface area (Å²) in [6.07, 6.45) is 0.926. The molecule has 1 rings (SSSR count). The number of methoxy groups -OCH3 is 1. The first-order chi connectivity index (χ1) is 9.96. The average Bonchev–Trinajstić information content (AvgIpc) is 2.50. The van der Waals surface area contributed by atoms with E-state index in [2.05, 4.69) is 5.32 Å². The van der Waals surface area contributed by atoms with Crippen molar-refractivity contribution in [3.63, 3.8) is 0 Å². The summed E-state index contributed by atoms with van der Waals surface area (Å²) in [6.45, 7) is 7.78. The van der Waals surface area contributed by atoms with Crippen molar-refractivity contribution in [3.8, 4) is 0 Å². The highest BCUT2D eigenvalue weighted by atomic mass is 19.1.